The molecule has 1 fully saturated rings. The predicted octanol–water partition coefficient (Wildman–Crippen LogP) is 3.55. The first kappa shape index (κ1) is 13.3. The van der Waals surface area contributed by atoms with E-state index in [0.29, 0.717) is 6.04 Å². The molecule has 0 aromatic heterocycles. The summed E-state index contributed by atoms with van der Waals surface area (Å²) in [6.45, 7) is 4.16. The van der Waals surface area contributed by atoms with E-state index in [9.17, 15) is 0 Å². The summed E-state index contributed by atoms with van der Waals surface area (Å²) in [5.74, 6) is 4.66. The summed E-state index contributed by atoms with van der Waals surface area (Å²) in [7, 11) is 0. The SMILES string of the molecule is Cc1cccc2c1OCCCC2NCC1CCSC1. The lowest BCUT2D eigenvalue weighted by Gasteiger charge is -2.21. The molecule has 2 aliphatic heterocycles. The van der Waals surface area contributed by atoms with Crippen LogP contribution in [0.2, 0.25) is 0 Å². The molecule has 19 heavy (non-hydrogen) atoms. The van der Waals surface area contributed by atoms with Crippen LogP contribution in [0.3, 0.4) is 0 Å². The Morgan fingerprint density at radius 3 is 3.16 bits per heavy atom. The van der Waals surface area contributed by atoms with Gasteiger partial charge in [0.1, 0.15) is 5.75 Å². The summed E-state index contributed by atoms with van der Waals surface area (Å²) >= 11 is 2.10. The molecule has 0 aliphatic carbocycles. The van der Waals surface area contributed by atoms with Crippen molar-refractivity contribution in [3.8, 4) is 5.75 Å². The van der Waals surface area contributed by atoms with Crippen molar-refractivity contribution in [3.63, 3.8) is 0 Å². The van der Waals surface area contributed by atoms with Crippen LogP contribution < -0.4 is 10.1 Å². The minimum Gasteiger partial charge on any atom is -0.493 e. The van der Waals surface area contributed by atoms with Crippen molar-refractivity contribution in [1.29, 1.82) is 0 Å². The van der Waals surface area contributed by atoms with Crippen LogP contribution in [0.25, 0.3) is 0 Å². The highest BCUT2D eigenvalue weighted by Gasteiger charge is 2.22. The molecule has 1 aromatic rings. The van der Waals surface area contributed by atoms with Gasteiger partial charge < -0.3 is 10.1 Å². The van der Waals surface area contributed by atoms with Gasteiger partial charge in [0.15, 0.2) is 0 Å². The van der Waals surface area contributed by atoms with Gasteiger partial charge in [-0.05, 0) is 55.7 Å². The summed E-state index contributed by atoms with van der Waals surface area (Å²) in [4.78, 5) is 0. The van der Waals surface area contributed by atoms with E-state index in [1.807, 2.05) is 0 Å². The molecule has 1 aromatic carbocycles. The Morgan fingerprint density at radius 1 is 1.37 bits per heavy atom. The Kier molecular flexibility index (Phi) is 4.34. The van der Waals surface area contributed by atoms with Gasteiger partial charge in [-0.25, -0.2) is 0 Å². The van der Waals surface area contributed by atoms with Gasteiger partial charge >= 0.3 is 0 Å². The van der Waals surface area contributed by atoms with Crippen LogP contribution in [0, 0.1) is 12.8 Å². The molecule has 1 saturated heterocycles. The fourth-order valence-electron chi connectivity index (χ4n) is 3.03. The van der Waals surface area contributed by atoms with E-state index in [0.717, 1.165) is 31.2 Å². The van der Waals surface area contributed by atoms with Crippen molar-refractivity contribution in [2.45, 2.75) is 32.2 Å². The lowest BCUT2D eigenvalue weighted by molar-refractivity contribution is 0.313. The Labute approximate surface area is 120 Å². The van der Waals surface area contributed by atoms with Crippen molar-refractivity contribution in [2.24, 2.45) is 5.92 Å². The van der Waals surface area contributed by atoms with Crippen LogP contribution in [0.5, 0.6) is 5.75 Å². The third-order valence-electron chi connectivity index (χ3n) is 4.18. The number of hydrogen-bond donors (Lipinski definition) is 1. The van der Waals surface area contributed by atoms with Gasteiger partial charge in [0, 0.05) is 11.6 Å². The molecule has 3 rings (SSSR count). The van der Waals surface area contributed by atoms with Crippen molar-refractivity contribution in [1.82, 2.24) is 5.32 Å². The first-order valence-electron chi connectivity index (χ1n) is 7.38. The fourth-order valence-corrected chi connectivity index (χ4v) is 4.31. The van der Waals surface area contributed by atoms with Gasteiger partial charge in [0.25, 0.3) is 0 Å². The number of thioether (sulfide) groups is 1. The highest BCUT2D eigenvalue weighted by molar-refractivity contribution is 7.99. The number of fused-ring (bicyclic) bond motifs is 1. The third-order valence-corrected chi connectivity index (χ3v) is 5.41. The lowest BCUT2D eigenvalue weighted by atomic mass is 9.99. The van der Waals surface area contributed by atoms with Crippen molar-refractivity contribution in [2.75, 3.05) is 24.7 Å². The molecule has 1 N–H and O–H groups in total. The Bertz CT molecular complexity index is 429. The summed E-state index contributed by atoms with van der Waals surface area (Å²) in [6, 6.07) is 7.01. The van der Waals surface area contributed by atoms with E-state index in [-0.39, 0.29) is 0 Å². The van der Waals surface area contributed by atoms with Gasteiger partial charge in [-0.3, -0.25) is 0 Å². The second-order valence-corrected chi connectivity index (χ2v) is 6.82. The van der Waals surface area contributed by atoms with Crippen molar-refractivity contribution >= 4 is 11.8 Å². The predicted molar refractivity (Wildman–Crippen MR) is 82.1 cm³/mol. The average Bonchev–Trinajstić information content (AvgIpc) is 2.84. The van der Waals surface area contributed by atoms with Crippen LogP contribution in [0.15, 0.2) is 18.2 Å². The van der Waals surface area contributed by atoms with Crippen LogP contribution in [0.4, 0.5) is 0 Å². The van der Waals surface area contributed by atoms with E-state index in [1.54, 1.807) is 0 Å². The van der Waals surface area contributed by atoms with Crippen molar-refractivity contribution in [3.05, 3.63) is 29.3 Å². The Hall–Kier alpha value is -0.670. The minimum absolute atomic E-state index is 0.475. The largest absolute Gasteiger partial charge is 0.493 e. The molecule has 0 amide bonds. The van der Waals surface area contributed by atoms with E-state index in [1.165, 1.54) is 35.5 Å². The van der Waals surface area contributed by atoms with E-state index in [4.69, 9.17) is 4.74 Å². The molecule has 3 heteroatoms. The number of nitrogens with one attached hydrogen (secondary N) is 1. The average molecular weight is 277 g/mol. The summed E-state index contributed by atoms with van der Waals surface area (Å²) in [6.07, 6.45) is 3.71. The van der Waals surface area contributed by atoms with Crippen LogP contribution in [-0.2, 0) is 0 Å². The normalized spacial score (nSPS) is 26.6. The topological polar surface area (TPSA) is 21.3 Å². The van der Waals surface area contributed by atoms with E-state index in [2.05, 4.69) is 42.2 Å². The minimum atomic E-state index is 0.475. The third kappa shape index (κ3) is 3.09. The molecular weight excluding hydrogens is 254 g/mol. The second-order valence-electron chi connectivity index (χ2n) is 5.67. The maximum absolute atomic E-state index is 5.94. The molecule has 0 bridgehead atoms. The molecule has 104 valence electrons. The van der Waals surface area contributed by atoms with Gasteiger partial charge in [-0.2, -0.15) is 11.8 Å². The molecule has 2 nitrogen and oxygen atoms in total. The van der Waals surface area contributed by atoms with Crippen LogP contribution in [-0.4, -0.2) is 24.7 Å². The zero-order chi connectivity index (χ0) is 13.1. The monoisotopic (exact) mass is 277 g/mol. The molecule has 0 spiro atoms. The molecule has 2 unspecified atom stereocenters. The first-order valence-corrected chi connectivity index (χ1v) is 8.53. The van der Waals surface area contributed by atoms with E-state index < -0.39 is 0 Å². The highest BCUT2D eigenvalue weighted by atomic mass is 32.2. The van der Waals surface area contributed by atoms with Gasteiger partial charge in [0.05, 0.1) is 6.61 Å². The summed E-state index contributed by atoms with van der Waals surface area (Å²) in [5, 5.41) is 3.79. The molecule has 2 heterocycles. The van der Waals surface area contributed by atoms with Crippen LogP contribution >= 0.6 is 11.8 Å². The zero-order valence-corrected chi connectivity index (χ0v) is 12.5. The fraction of sp³-hybridized carbons (Fsp3) is 0.625. The van der Waals surface area contributed by atoms with Gasteiger partial charge in [-0.15, -0.1) is 0 Å². The number of rotatable bonds is 3. The molecule has 2 atom stereocenters. The Morgan fingerprint density at radius 2 is 2.32 bits per heavy atom. The number of aryl methyl sites for hydroxylation is 1. The zero-order valence-electron chi connectivity index (χ0n) is 11.7. The van der Waals surface area contributed by atoms with Crippen LogP contribution in [0.1, 0.15) is 36.4 Å². The van der Waals surface area contributed by atoms with E-state index >= 15 is 0 Å². The molecule has 0 saturated carbocycles. The summed E-state index contributed by atoms with van der Waals surface area (Å²) in [5.41, 5.74) is 2.63. The van der Waals surface area contributed by atoms with Gasteiger partial charge in [-0.1, -0.05) is 18.2 Å². The lowest BCUT2D eigenvalue weighted by Crippen LogP contribution is -2.27. The Balaban J connectivity index is 1.72. The smallest absolute Gasteiger partial charge is 0.126 e. The summed E-state index contributed by atoms with van der Waals surface area (Å²) < 4.78 is 5.94. The number of hydrogen-bond acceptors (Lipinski definition) is 3. The number of para-hydroxylation sites is 1. The number of ether oxygens (including phenoxy) is 1. The molecule has 0 radical (unpaired) electrons. The first-order chi connectivity index (χ1) is 9.34. The quantitative estimate of drug-likeness (QED) is 0.913. The maximum Gasteiger partial charge on any atom is 0.126 e. The standard InChI is InChI=1S/C16H23NOS/c1-12-4-2-5-14-15(6-3-8-18-16(12)14)17-10-13-7-9-19-11-13/h2,4-5,13,15,17H,3,6-11H2,1H3. The van der Waals surface area contributed by atoms with Gasteiger partial charge in [0.2, 0.25) is 0 Å². The molecule has 2 aliphatic rings. The molecular formula is C16H23NOS. The second kappa shape index (κ2) is 6.19. The number of benzene rings is 1. The maximum atomic E-state index is 5.94. The van der Waals surface area contributed by atoms with Crippen molar-refractivity contribution < 1.29 is 4.74 Å². The highest BCUT2D eigenvalue weighted by Crippen LogP contribution is 2.34.